The molecular formula is C27H18Br2N2O3. The third-order valence-corrected chi connectivity index (χ3v) is 6.24. The molecule has 0 radical (unpaired) electrons. The molecule has 1 aromatic heterocycles. The highest BCUT2D eigenvalue weighted by Crippen LogP contribution is 2.25. The zero-order chi connectivity index (χ0) is 23.5. The minimum atomic E-state index is -0.433. The summed E-state index contributed by atoms with van der Waals surface area (Å²) in [5.74, 6) is 0.410. The Morgan fingerprint density at radius 3 is 2.56 bits per heavy atom. The zero-order valence-electron chi connectivity index (χ0n) is 17.8. The van der Waals surface area contributed by atoms with Gasteiger partial charge >= 0.3 is 5.91 Å². The highest BCUT2D eigenvalue weighted by molar-refractivity contribution is 9.10. The van der Waals surface area contributed by atoms with Crippen LogP contribution in [0.3, 0.4) is 0 Å². The zero-order valence-corrected chi connectivity index (χ0v) is 21.0. The van der Waals surface area contributed by atoms with Gasteiger partial charge in [-0.05, 0) is 64.9 Å². The lowest BCUT2D eigenvalue weighted by Gasteiger charge is -2.10. The minimum absolute atomic E-state index is 0.187. The van der Waals surface area contributed by atoms with Crippen LogP contribution in [-0.2, 0) is 6.61 Å². The molecular weight excluding hydrogens is 560 g/mol. The molecule has 0 saturated carbocycles. The number of nitrogens with zero attached hydrogens (tertiary/aromatic N) is 1. The second kappa shape index (κ2) is 9.83. The van der Waals surface area contributed by atoms with Crippen molar-refractivity contribution in [2.24, 2.45) is 5.10 Å². The first-order valence-corrected chi connectivity index (χ1v) is 12.1. The number of rotatable bonds is 6. The number of hydrazone groups is 1. The van der Waals surface area contributed by atoms with E-state index in [2.05, 4.69) is 72.7 Å². The van der Waals surface area contributed by atoms with Gasteiger partial charge in [-0.2, -0.15) is 5.10 Å². The maximum Gasteiger partial charge on any atom is 0.307 e. The molecule has 7 heteroatoms. The van der Waals surface area contributed by atoms with E-state index in [1.54, 1.807) is 18.3 Å². The van der Waals surface area contributed by atoms with Crippen LogP contribution in [0.4, 0.5) is 0 Å². The van der Waals surface area contributed by atoms with Crippen LogP contribution >= 0.6 is 31.9 Å². The average Bonchev–Trinajstić information content (AvgIpc) is 3.27. The lowest BCUT2D eigenvalue weighted by atomic mass is 10.1. The molecule has 1 amide bonds. The number of halogens is 2. The molecule has 0 aliphatic rings. The number of amides is 1. The van der Waals surface area contributed by atoms with Gasteiger partial charge in [-0.25, -0.2) is 5.43 Å². The van der Waals surface area contributed by atoms with Crippen molar-refractivity contribution in [2.75, 3.05) is 0 Å². The van der Waals surface area contributed by atoms with E-state index >= 15 is 0 Å². The van der Waals surface area contributed by atoms with Crippen LogP contribution in [0.15, 0.2) is 103 Å². The van der Waals surface area contributed by atoms with Crippen molar-refractivity contribution in [1.82, 2.24) is 5.43 Å². The highest BCUT2D eigenvalue weighted by Gasteiger charge is 2.12. The maximum atomic E-state index is 12.5. The molecule has 0 fully saturated rings. The lowest BCUT2D eigenvalue weighted by Crippen LogP contribution is -2.16. The van der Waals surface area contributed by atoms with Crippen LogP contribution in [0.2, 0.25) is 0 Å². The van der Waals surface area contributed by atoms with Gasteiger partial charge in [-0.15, -0.1) is 0 Å². The van der Waals surface area contributed by atoms with E-state index in [0.29, 0.717) is 17.9 Å². The second-order valence-electron chi connectivity index (χ2n) is 7.64. The van der Waals surface area contributed by atoms with E-state index in [1.807, 2.05) is 42.5 Å². The van der Waals surface area contributed by atoms with Crippen molar-refractivity contribution in [1.29, 1.82) is 0 Å². The number of ether oxygens (including phenoxy) is 1. The number of hydrogen-bond acceptors (Lipinski definition) is 4. The van der Waals surface area contributed by atoms with Crippen molar-refractivity contribution in [3.63, 3.8) is 0 Å². The fourth-order valence-corrected chi connectivity index (χ4v) is 4.34. The summed E-state index contributed by atoms with van der Waals surface area (Å²) in [5, 5.41) is 7.30. The summed E-state index contributed by atoms with van der Waals surface area (Å²) < 4.78 is 13.5. The molecule has 0 spiro atoms. The molecule has 0 bridgehead atoms. The summed E-state index contributed by atoms with van der Waals surface area (Å²) in [6, 6.07) is 27.4. The van der Waals surface area contributed by atoms with E-state index in [0.717, 1.165) is 25.5 Å². The molecule has 5 nitrogen and oxygen atoms in total. The fraction of sp³-hybridized carbons (Fsp3) is 0.0370. The number of nitrogens with one attached hydrogen (secondary N) is 1. The largest absolute Gasteiger partial charge is 0.488 e. The molecule has 0 saturated heterocycles. The van der Waals surface area contributed by atoms with Gasteiger partial charge in [-0.1, -0.05) is 68.3 Å². The molecule has 0 aliphatic carbocycles. The van der Waals surface area contributed by atoms with Gasteiger partial charge in [0.15, 0.2) is 5.76 Å². The Bertz CT molecular complexity index is 1540. The first kappa shape index (κ1) is 22.4. The van der Waals surface area contributed by atoms with Gasteiger partial charge in [0, 0.05) is 19.9 Å². The first-order chi connectivity index (χ1) is 16.5. The average molecular weight is 578 g/mol. The van der Waals surface area contributed by atoms with Gasteiger partial charge in [0.05, 0.1) is 6.21 Å². The van der Waals surface area contributed by atoms with Gasteiger partial charge in [0.2, 0.25) is 0 Å². The molecule has 34 heavy (non-hydrogen) atoms. The summed E-state index contributed by atoms with van der Waals surface area (Å²) in [6.07, 6.45) is 1.55. The number of hydrogen-bond donors (Lipinski definition) is 1. The minimum Gasteiger partial charge on any atom is -0.488 e. The predicted molar refractivity (Wildman–Crippen MR) is 141 cm³/mol. The van der Waals surface area contributed by atoms with Gasteiger partial charge in [0.1, 0.15) is 17.9 Å². The van der Waals surface area contributed by atoms with E-state index < -0.39 is 5.91 Å². The van der Waals surface area contributed by atoms with Crippen LogP contribution < -0.4 is 10.2 Å². The summed E-state index contributed by atoms with van der Waals surface area (Å²) in [5.41, 5.74) is 4.94. The quantitative estimate of drug-likeness (QED) is 0.168. The van der Waals surface area contributed by atoms with Crippen molar-refractivity contribution in [3.8, 4) is 5.75 Å². The van der Waals surface area contributed by atoms with Gasteiger partial charge in [0.25, 0.3) is 0 Å². The van der Waals surface area contributed by atoms with Crippen molar-refractivity contribution in [2.45, 2.75) is 6.61 Å². The summed E-state index contributed by atoms with van der Waals surface area (Å²) >= 11 is 6.89. The summed E-state index contributed by atoms with van der Waals surface area (Å²) in [4.78, 5) is 12.5. The number of fused-ring (bicyclic) bond motifs is 2. The standard InChI is InChI=1S/C27H18Br2N2O3/c28-22-8-10-25-20(12-22)14-26(34-25)27(32)31-30-15-21-13-23(29)7-9-24(21)33-16-17-5-6-18-3-1-2-4-19(18)11-17/h1-15H,16H2,(H,31,32). The van der Waals surface area contributed by atoms with Crippen molar-refractivity contribution >= 4 is 65.7 Å². The topological polar surface area (TPSA) is 63.8 Å². The predicted octanol–water partition coefficient (Wildman–Crippen LogP) is 7.45. The Balaban J connectivity index is 1.29. The monoisotopic (exact) mass is 576 g/mol. The Kier molecular flexibility index (Phi) is 6.47. The Morgan fingerprint density at radius 2 is 1.68 bits per heavy atom. The highest BCUT2D eigenvalue weighted by atomic mass is 79.9. The van der Waals surface area contributed by atoms with E-state index in [-0.39, 0.29) is 5.76 Å². The third-order valence-electron chi connectivity index (χ3n) is 5.25. The molecule has 0 unspecified atom stereocenters. The molecule has 1 N–H and O–H groups in total. The van der Waals surface area contributed by atoms with Crippen LogP contribution in [-0.4, -0.2) is 12.1 Å². The smallest absolute Gasteiger partial charge is 0.307 e. The third kappa shape index (κ3) is 5.05. The lowest BCUT2D eigenvalue weighted by molar-refractivity contribution is 0.0929. The Labute approximate surface area is 212 Å². The number of benzene rings is 4. The molecule has 1 heterocycles. The molecule has 4 aromatic carbocycles. The second-order valence-corrected chi connectivity index (χ2v) is 9.48. The van der Waals surface area contributed by atoms with E-state index in [4.69, 9.17) is 9.15 Å². The van der Waals surface area contributed by atoms with E-state index in [9.17, 15) is 4.79 Å². The van der Waals surface area contributed by atoms with Gasteiger partial charge in [-0.3, -0.25) is 4.79 Å². The molecule has 168 valence electrons. The Hall–Kier alpha value is -3.42. The molecule has 0 atom stereocenters. The SMILES string of the molecule is O=C(NN=Cc1cc(Br)ccc1OCc1ccc2ccccc2c1)c1cc2cc(Br)ccc2o1. The molecule has 5 aromatic rings. The van der Waals surface area contributed by atoms with Crippen LogP contribution in [0, 0.1) is 0 Å². The molecule has 0 aliphatic heterocycles. The van der Waals surface area contributed by atoms with Crippen LogP contribution in [0.25, 0.3) is 21.7 Å². The summed E-state index contributed by atoms with van der Waals surface area (Å²) in [6.45, 7) is 0.411. The summed E-state index contributed by atoms with van der Waals surface area (Å²) in [7, 11) is 0. The van der Waals surface area contributed by atoms with E-state index in [1.165, 1.54) is 10.8 Å². The van der Waals surface area contributed by atoms with Crippen molar-refractivity contribution < 1.29 is 13.9 Å². The van der Waals surface area contributed by atoms with Gasteiger partial charge < -0.3 is 9.15 Å². The molecule has 5 rings (SSSR count). The normalized spacial score (nSPS) is 11.4. The van der Waals surface area contributed by atoms with Crippen molar-refractivity contribution in [3.05, 3.63) is 111 Å². The number of carbonyl (C=O) groups excluding carboxylic acids is 1. The maximum absolute atomic E-state index is 12.5. The fourth-order valence-electron chi connectivity index (χ4n) is 3.58. The van der Waals surface area contributed by atoms with Crippen LogP contribution in [0.5, 0.6) is 5.75 Å². The Morgan fingerprint density at radius 1 is 0.882 bits per heavy atom. The number of furan rings is 1. The van der Waals surface area contributed by atoms with Crippen LogP contribution in [0.1, 0.15) is 21.7 Å². The first-order valence-electron chi connectivity index (χ1n) is 10.5. The number of carbonyl (C=O) groups is 1.